The fourth-order valence-corrected chi connectivity index (χ4v) is 4.70. The Bertz CT molecular complexity index is 964. The van der Waals surface area contributed by atoms with Crippen molar-refractivity contribution in [1.29, 1.82) is 0 Å². The molecule has 3 heterocycles. The summed E-state index contributed by atoms with van der Waals surface area (Å²) in [6.07, 6.45) is 1.82. The smallest absolute Gasteiger partial charge is 0.240 e. The lowest BCUT2D eigenvalue weighted by Gasteiger charge is -2.36. The molecule has 3 aromatic rings. The van der Waals surface area contributed by atoms with E-state index < -0.39 is 8.32 Å². The van der Waals surface area contributed by atoms with E-state index in [1.807, 2.05) is 12.3 Å². The minimum absolute atomic E-state index is 0.177. The van der Waals surface area contributed by atoms with Crippen LogP contribution in [-0.2, 0) is 4.43 Å². The van der Waals surface area contributed by atoms with Crippen LogP contribution in [0, 0.1) is 0 Å². The van der Waals surface area contributed by atoms with Gasteiger partial charge < -0.3 is 10.2 Å². The first-order valence-corrected chi connectivity index (χ1v) is 13.3. The van der Waals surface area contributed by atoms with Crippen LogP contribution >= 0.6 is 27.3 Å². The summed E-state index contributed by atoms with van der Waals surface area (Å²) in [7, 11) is -1.78. The number of nitrogens with zero attached hydrogens (tertiary/aromatic N) is 5. The van der Waals surface area contributed by atoms with Crippen molar-refractivity contribution in [2.75, 3.05) is 12.3 Å². The Morgan fingerprint density at radius 3 is 2.70 bits per heavy atom. The van der Waals surface area contributed by atoms with Crippen LogP contribution in [0.5, 0.6) is 0 Å². The number of aromatic nitrogens is 5. The van der Waals surface area contributed by atoms with Crippen LogP contribution < -0.4 is 5.73 Å². The van der Waals surface area contributed by atoms with Crippen molar-refractivity contribution in [3.63, 3.8) is 0 Å². The maximum atomic E-state index is 6.35. The number of fused-ring (bicyclic) bond motifs is 1. The molecule has 7 nitrogen and oxygen atoms in total. The molecule has 1 atom stereocenters. The summed E-state index contributed by atoms with van der Waals surface area (Å²) in [5, 5.41) is 14.9. The van der Waals surface area contributed by atoms with Crippen molar-refractivity contribution in [3.05, 3.63) is 21.7 Å². The summed E-state index contributed by atoms with van der Waals surface area (Å²) >= 11 is 5.06. The quantitative estimate of drug-likeness (QED) is 0.544. The molecule has 10 heteroatoms. The van der Waals surface area contributed by atoms with Crippen LogP contribution in [-0.4, -0.2) is 39.7 Å². The molecule has 0 unspecified atom stereocenters. The molecule has 2 N–H and O–H groups in total. The number of hydrogen-bond donors (Lipinski definition) is 1. The topological polar surface area (TPSA) is 91.2 Å². The summed E-state index contributed by atoms with van der Waals surface area (Å²) in [4.78, 5) is 4.31. The number of rotatable bonds is 5. The summed E-state index contributed by atoms with van der Waals surface area (Å²) in [6, 6.07) is 1.96. The van der Waals surface area contributed by atoms with Crippen LogP contribution in [0.4, 0.5) is 5.95 Å². The molecule has 0 spiro atoms. The lowest BCUT2D eigenvalue weighted by atomic mass is 10.2. The van der Waals surface area contributed by atoms with Gasteiger partial charge in [-0.1, -0.05) is 39.0 Å². The van der Waals surface area contributed by atoms with Crippen molar-refractivity contribution < 1.29 is 4.43 Å². The first-order valence-electron chi connectivity index (χ1n) is 8.77. The van der Waals surface area contributed by atoms with Gasteiger partial charge in [0.1, 0.15) is 5.01 Å². The first kappa shape index (κ1) is 20.4. The summed E-state index contributed by atoms with van der Waals surface area (Å²) < 4.78 is 8.87. The molecule has 3 aromatic heterocycles. The third-order valence-electron chi connectivity index (χ3n) is 5.01. The molecule has 0 saturated heterocycles. The van der Waals surface area contributed by atoms with Gasteiger partial charge in [0.25, 0.3) is 0 Å². The highest BCUT2D eigenvalue weighted by Gasteiger charge is 2.37. The molecular weight excluding hydrogens is 444 g/mol. The lowest BCUT2D eigenvalue weighted by Crippen LogP contribution is -2.41. The fourth-order valence-electron chi connectivity index (χ4n) is 2.29. The molecule has 0 radical (unpaired) electrons. The zero-order valence-electron chi connectivity index (χ0n) is 16.4. The second-order valence-electron chi connectivity index (χ2n) is 8.23. The Kier molecular flexibility index (Phi) is 5.45. The zero-order chi connectivity index (χ0) is 20.0. The monoisotopic (exact) mass is 468 g/mol. The van der Waals surface area contributed by atoms with E-state index >= 15 is 0 Å². The van der Waals surface area contributed by atoms with Crippen molar-refractivity contribution in [1.82, 2.24) is 24.8 Å². The van der Waals surface area contributed by atoms with Gasteiger partial charge in [-0.05, 0) is 40.1 Å². The van der Waals surface area contributed by atoms with E-state index in [9.17, 15) is 0 Å². The normalized spacial score (nSPS) is 14.0. The second-order valence-corrected chi connectivity index (χ2v) is 15.0. The first-order chi connectivity index (χ1) is 12.5. The predicted octanol–water partition coefficient (Wildman–Crippen LogP) is 4.72. The molecule has 0 aromatic carbocycles. The van der Waals surface area contributed by atoms with Crippen LogP contribution in [0.15, 0.2) is 16.7 Å². The highest BCUT2D eigenvalue weighted by molar-refractivity contribution is 9.10. The van der Waals surface area contributed by atoms with Gasteiger partial charge in [0.05, 0.1) is 5.56 Å². The molecule has 0 saturated carbocycles. The molecule has 3 rings (SSSR count). The molecule has 0 aliphatic carbocycles. The standard InChI is InChI=1S/C17H25BrN6OSSi/c1-10(9-25-27(5,6)17(2,3)4)14-21-22-15(26-14)12-7-11(18)8-24-13(12)20-16(19)23-24/h7-8,10H,9H2,1-6H3,(H2,19,23)/t10-/m0/s1. The second kappa shape index (κ2) is 7.23. The van der Waals surface area contributed by atoms with Crippen molar-refractivity contribution >= 4 is 47.2 Å². The van der Waals surface area contributed by atoms with E-state index in [1.165, 1.54) is 0 Å². The molecule has 0 aliphatic rings. The van der Waals surface area contributed by atoms with Gasteiger partial charge >= 0.3 is 0 Å². The SMILES string of the molecule is C[C@@H](CO[Si](C)(C)C(C)(C)C)c1nnc(-c2cc(Br)cn3nc(N)nc23)s1. The maximum Gasteiger partial charge on any atom is 0.240 e. The van der Waals surface area contributed by atoms with Crippen LogP contribution in [0.3, 0.4) is 0 Å². The minimum Gasteiger partial charge on any atom is -0.416 e. The minimum atomic E-state index is -1.78. The highest BCUT2D eigenvalue weighted by atomic mass is 79.9. The van der Waals surface area contributed by atoms with Gasteiger partial charge in [0.2, 0.25) is 5.95 Å². The predicted molar refractivity (Wildman–Crippen MR) is 116 cm³/mol. The number of nitrogens with two attached hydrogens (primary N) is 1. The number of pyridine rings is 1. The Hall–Kier alpha value is -1.36. The maximum absolute atomic E-state index is 6.35. The van der Waals surface area contributed by atoms with Crippen molar-refractivity contribution in [2.24, 2.45) is 0 Å². The number of anilines is 1. The average Bonchev–Trinajstić information content (AvgIpc) is 3.16. The zero-order valence-corrected chi connectivity index (χ0v) is 19.8. The number of hydrogen-bond acceptors (Lipinski definition) is 7. The summed E-state index contributed by atoms with van der Waals surface area (Å²) in [5.74, 6) is 0.409. The van der Waals surface area contributed by atoms with Gasteiger partial charge in [-0.2, -0.15) is 4.98 Å². The van der Waals surface area contributed by atoms with E-state index in [2.05, 4.69) is 77.0 Å². The molecule has 27 heavy (non-hydrogen) atoms. The highest BCUT2D eigenvalue weighted by Crippen LogP contribution is 2.38. The molecule has 0 bridgehead atoms. The van der Waals surface area contributed by atoms with E-state index in [0.29, 0.717) is 12.3 Å². The van der Waals surface area contributed by atoms with E-state index in [0.717, 1.165) is 20.1 Å². The molecule has 0 fully saturated rings. The largest absolute Gasteiger partial charge is 0.416 e. The van der Waals surface area contributed by atoms with Gasteiger partial charge in [-0.15, -0.1) is 15.3 Å². The van der Waals surface area contributed by atoms with Crippen molar-refractivity contribution in [3.8, 4) is 10.6 Å². The molecule has 0 amide bonds. The third-order valence-corrected chi connectivity index (χ3v) is 11.1. The van der Waals surface area contributed by atoms with E-state index in [-0.39, 0.29) is 16.9 Å². The Labute approximate surface area is 172 Å². The van der Waals surface area contributed by atoms with Crippen LogP contribution in [0.1, 0.15) is 38.6 Å². The number of halogens is 1. The van der Waals surface area contributed by atoms with Crippen LogP contribution in [0.25, 0.3) is 16.2 Å². The summed E-state index contributed by atoms with van der Waals surface area (Å²) in [6.45, 7) is 14.0. The van der Waals surface area contributed by atoms with Gasteiger partial charge in [0, 0.05) is 23.2 Å². The van der Waals surface area contributed by atoms with E-state index in [4.69, 9.17) is 10.2 Å². The fraction of sp³-hybridized carbons (Fsp3) is 0.529. The molecule has 146 valence electrons. The van der Waals surface area contributed by atoms with Gasteiger partial charge in [-0.25, -0.2) is 4.52 Å². The lowest BCUT2D eigenvalue weighted by molar-refractivity contribution is 0.268. The molecular formula is C17H25BrN6OSSi. The Balaban J connectivity index is 1.83. The number of nitrogen functional groups attached to an aromatic ring is 1. The summed E-state index contributed by atoms with van der Waals surface area (Å²) in [5.41, 5.74) is 7.28. The van der Waals surface area contributed by atoms with E-state index in [1.54, 1.807) is 15.9 Å². The molecule has 0 aliphatic heterocycles. The Morgan fingerprint density at radius 1 is 1.33 bits per heavy atom. The van der Waals surface area contributed by atoms with Crippen LogP contribution in [0.2, 0.25) is 18.1 Å². The third kappa shape index (κ3) is 4.23. The Morgan fingerprint density at radius 2 is 2.04 bits per heavy atom. The average molecular weight is 469 g/mol. The van der Waals surface area contributed by atoms with Gasteiger partial charge in [-0.3, -0.25) is 0 Å². The van der Waals surface area contributed by atoms with Gasteiger partial charge in [0.15, 0.2) is 19.0 Å². The van der Waals surface area contributed by atoms with Crippen molar-refractivity contribution in [2.45, 2.75) is 51.7 Å².